The lowest BCUT2D eigenvalue weighted by atomic mass is 10.1. The topological polar surface area (TPSA) is 84.3 Å². The average molecular weight is 450 g/mol. The normalized spacial score (nSPS) is 14.1. The minimum Gasteiger partial charge on any atom is -0.350 e. The molecule has 0 bridgehead atoms. The zero-order chi connectivity index (χ0) is 22.5. The van der Waals surface area contributed by atoms with Gasteiger partial charge in [0.2, 0.25) is 5.91 Å². The van der Waals surface area contributed by atoms with Crippen LogP contribution in [0.2, 0.25) is 0 Å². The van der Waals surface area contributed by atoms with Gasteiger partial charge in [-0.3, -0.25) is 9.10 Å². The van der Waals surface area contributed by atoms with Gasteiger partial charge in [-0.25, -0.2) is 17.8 Å². The Kier molecular flexibility index (Phi) is 4.70. The summed E-state index contributed by atoms with van der Waals surface area (Å²) in [5.41, 5.74) is 1.41. The molecule has 0 unspecified atom stereocenters. The van der Waals surface area contributed by atoms with Crippen molar-refractivity contribution in [2.45, 2.75) is 18.4 Å². The van der Waals surface area contributed by atoms with Crippen molar-refractivity contribution in [3.63, 3.8) is 0 Å². The first kappa shape index (κ1) is 20.2. The van der Waals surface area contributed by atoms with Crippen molar-refractivity contribution in [3.05, 3.63) is 84.2 Å². The second kappa shape index (κ2) is 7.45. The molecule has 162 valence electrons. The second-order valence-corrected chi connectivity index (χ2v) is 9.38. The number of hydrogen-bond donors (Lipinski definition) is 1. The van der Waals surface area contributed by atoms with Crippen LogP contribution in [0, 0.1) is 12.7 Å². The number of hydrogen-bond acceptors (Lipinski definition) is 4. The van der Waals surface area contributed by atoms with Crippen molar-refractivity contribution in [1.29, 1.82) is 0 Å². The van der Waals surface area contributed by atoms with E-state index in [1.807, 2.05) is 12.1 Å². The summed E-state index contributed by atoms with van der Waals surface area (Å²) in [4.78, 5) is 16.9. The molecule has 0 radical (unpaired) electrons. The van der Waals surface area contributed by atoms with Crippen LogP contribution in [-0.2, 0) is 21.4 Å². The van der Waals surface area contributed by atoms with E-state index in [0.717, 1.165) is 9.69 Å². The zero-order valence-corrected chi connectivity index (χ0v) is 17.9. The van der Waals surface area contributed by atoms with Crippen molar-refractivity contribution in [2.75, 3.05) is 10.8 Å². The lowest BCUT2D eigenvalue weighted by molar-refractivity contribution is -0.119. The highest BCUT2D eigenvalue weighted by atomic mass is 32.2. The molecular formula is C23H19FN4O3S. The van der Waals surface area contributed by atoms with Crippen LogP contribution in [0.1, 0.15) is 11.4 Å². The number of sulfonamides is 1. The fourth-order valence-corrected chi connectivity index (χ4v) is 5.67. The summed E-state index contributed by atoms with van der Waals surface area (Å²) in [5, 5.41) is 4.11. The Labute approximate surface area is 184 Å². The van der Waals surface area contributed by atoms with Crippen molar-refractivity contribution in [1.82, 2.24) is 14.9 Å². The average Bonchev–Trinajstić information content (AvgIpc) is 3.28. The van der Waals surface area contributed by atoms with Gasteiger partial charge in [0.05, 0.1) is 16.3 Å². The number of benzene rings is 3. The molecule has 5 rings (SSSR count). The number of aromatic nitrogens is 2. The molecule has 32 heavy (non-hydrogen) atoms. The number of carbonyl (C=O) groups is 1. The monoisotopic (exact) mass is 450 g/mol. The standard InChI is InChI=1S/C23H19FN4O3S/c1-15-25-10-11-27(15)19-9-8-16(12-18(19)24)13-26-22(29)14-28-20-6-2-4-17-5-3-7-21(23(17)20)32(28,30)31/h2-12H,13-14H2,1H3,(H,26,29). The quantitative estimate of drug-likeness (QED) is 0.506. The Morgan fingerprint density at radius 3 is 2.59 bits per heavy atom. The number of amides is 1. The van der Waals surface area contributed by atoms with Crippen LogP contribution in [-0.4, -0.2) is 30.4 Å². The van der Waals surface area contributed by atoms with Crippen molar-refractivity contribution in [3.8, 4) is 5.69 Å². The molecule has 3 aromatic carbocycles. The fraction of sp³-hybridized carbons (Fsp3) is 0.130. The Bertz CT molecular complexity index is 1470. The fourth-order valence-electron chi connectivity index (χ4n) is 4.00. The highest BCUT2D eigenvalue weighted by Gasteiger charge is 2.36. The Hall–Kier alpha value is -3.72. The molecule has 0 saturated carbocycles. The number of carbonyl (C=O) groups excluding carboxylic acids is 1. The molecule has 2 heterocycles. The largest absolute Gasteiger partial charge is 0.350 e. The number of imidazole rings is 1. The number of nitrogens with one attached hydrogen (secondary N) is 1. The van der Waals surface area contributed by atoms with Crippen molar-refractivity contribution < 1.29 is 17.6 Å². The second-order valence-electron chi connectivity index (χ2n) is 7.55. The maximum absolute atomic E-state index is 14.6. The van der Waals surface area contributed by atoms with Crippen LogP contribution in [0.15, 0.2) is 71.9 Å². The predicted octanol–water partition coefficient (Wildman–Crippen LogP) is 3.30. The summed E-state index contributed by atoms with van der Waals surface area (Å²) in [7, 11) is -3.81. The third-order valence-electron chi connectivity index (χ3n) is 5.56. The highest BCUT2D eigenvalue weighted by molar-refractivity contribution is 7.93. The number of aryl methyl sites for hydroxylation is 1. The predicted molar refractivity (Wildman–Crippen MR) is 119 cm³/mol. The Morgan fingerprint density at radius 1 is 1.09 bits per heavy atom. The summed E-state index contributed by atoms with van der Waals surface area (Å²) in [6.45, 7) is 1.49. The molecular weight excluding hydrogens is 431 g/mol. The molecule has 0 spiro atoms. The lowest BCUT2D eigenvalue weighted by Gasteiger charge is -2.18. The van der Waals surface area contributed by atoms with Gasteiger partial charge >= 0.3 is 0 Å². The first-order chi connectivity index (χ1) is 15.4. The van der Waals surface area contributed by atoms with Crippen LogP contribution >= 0.6 is 0 Å². The zero-order valence-electron chi connectivity index (χ0n) is 17.1. The van der Waals surface area contributed by atoms with E-state index in [2.05, 4.69) is 10.3 Å². The molecule has 1 aromatic heterocycles. The van der Waals surface area contributed by atoms with E-state index < -0.39 is 21.7 Å². The summed E-state index contributed by atoms with van der Waals surface area (Å²) < 4.78 is 43.3. The van der Waals surface area contributed by atoms with Gasteiger partial charge in [0.15, 0.2) is 0 Å². The Morgan fingerprint density at radius 2 is 1.88 bits per heavy atom. The van der Waals surface area contributed by atoms with Crippen LogP contribution in [0.3, 0.4) is 0 Å². The molecule has 0 fully saturated rings. The number of rotatable bonds is 5. The molecule has 0 atom stereocenters. The van der Waals surface area contributed by atoms with Gasteiger partial charge in [0.25, 0.3) is 10.0 Å². The molecule has 1 aliphatic heterocycles. The van der Waals surface area contributed by atoms with Gasteiger partial charge in [-0.2, -0.15) is 0 Å². The van der Waals surface area contributed by atoms with Crippen LogP contribution < -0.4 is 9.62 Å². The molecule has 1 N–H and O–H groups in total. The third-order valence-corrected chi connectivity index (χ3v) is 7.36. The first-order valence-corrected chi connectivity index (χ1v) is 11.4. The molecule has 0 aliphatic carbocycles. The number of halogens is 1. The molecule has 0 saturated heterocycles. The van der Waals surface area contributed by atoms with Crippen molar-refractivity contribution >= 4 is 32.4 Å². The smallest absolute Gasteiger partial charge is 0.265 e. The van der Waals surface area contributed by atoms with Crippen LogP contribution in [0.4, 0.5) is 10.1 Å². The van der Waals surface area contributed by atoms with Crippen LogP contribution in [0.5, 0.6) is 0 Å². The summed E-state index contributed by atoms with van der Waals surface area (Å²) in [6, 6.07) is 15.0. The molecule has 7 nitrogen and oxygen atoms in total. The molecule has 9 heteroatoms. The van der Waals surface area contributed by atoms with E-state index >= 15 is 0 Å². The van der Waals surface area contributed by atoms with E-state index in [-0.39, 0.29) is 18.0 Å². The first-order valence-electron chi connectivity index (χ1n) is 9.96. The lowest BCUT2D eigenvalue weighted by Crippen LogP contribution is -2.38. The molecule has 1 amide bonds. The summed E-state index contributed by atoms with van der Waals surface area (Å²) in [5.74, 6) is -0.261. The van der Waals surface area contributed by atoms with Crippen molar-refractivity contribution in [2.24, 2.45) is 0 Å². The third kappa shape index (κ3) is 3.21. The highest BCUT2D eigenvalue weighted by Crippen LogP contribution is 2.41. The van der Waals surface area contributed by atoms with E-state index in [1.165, 1.54) is 6.07 Å². The SMILES string of the molecule is Cc1nccn1-c1ccc(CNC(=O)CN2c3cccc4cccc(c34)S2(=O)=O)cc1F. The number of nitrogens with zero attached hydrogens (tertiary/aromatic N) is 3. The van der Waals surface area contributed by atoms with E-state index in [1.54, 1.807) is 60.3 Å². The maximum atomic E-state index is 14.6. The minimum atomic E-state index is -3.81. The minimum absolute atomic E-state index is 0.0734. The van der Waals surface area contributed by atoms with E-state index in [4.69, 9.17) is 0 Å². The van der Waals surface area contributed by atoms with Gasteiger partial charge in [-0.1, -0.05) is 30.3 Å². The van der Waals surface area contributed by atoms with Gasteiger partial charge in [-0.05, 0) is 42.1 Å². The van der Waals surface area contributed by atoms with Gasteiger partial charge in [0, 0.05) is 24.3 Å². The summed E-state index contributed by atoms with van der Waals surface area (Å²) in [6.07, 6.45) is 3.26. The summed E-state index contributed by atoms with van der Waals surface area (Å²) >= 11 is 0. The van der Waals surface area contributed by atoms with Gasteiger partial charge in [0.1, 0.15) is 18.2 Å². The molecule has 4 aromatic rings. The number of anilines is 1. The van der Waals surface area contributed by atoms with Gasteiger partial charge in [-0.15, -0.1) is 0 Å². The van der Waals surface area contributed by atoms with E-state index in [0.29, 0.717) is 28.1 Å². The van der Waals surface area contributed by atoms with Crippen LogP contribution in [0.25, 0.3) is 16.5 Å². The molecule has 1 aliphatic rings. The Balaban J connectivity index is 1.32. The maximum Gasteiger partial charge on any atom is 0.265 e. The van der Waals surface area contributed by atoms with E-state index in [9.17, 15) is 17.6 Å². The van der Waals surface area contributed by atoms with Gasteiger partial charge < -0.3 is 9.88 Å².